The second-order valence-corrected chi connectivity index (χ2v) is 3.44. The molecule has 0 aliphatic carbocycles. The number of phenols is 1. The van der Waals surface area contributed by atoms with Crippen molar-refractivity contribution in [1.29, 1.82) is 0 Å². The summed E-state index contributed by atoms with van der Waals surface area (Å²) in [5, 5.41) is 20.1. The van der Waals surface area contributed by atoms with E-state index in [1.54, 1.807) is 0 Å². The van der Waals surface area contributed by atoms with Gasteiger partial charge in [0.25, 0.3) is 5.69 Å². The van der Waals surface area contributed by atoms with Crippen LogP contribution in [0.25, 0.3) is 0 Å². The van der Waals surface area contributed by atoms with Gasteiger partial charge in [-0.25, -0.2) is 0 Å². The molecule has 1 rings (SSSR count). The Labute approximate surface area is 93.8 Å². The minimum absolute atomic E-state index is 0.0882. The average Bonchev–Trinajstić information content (AvgIpc) is 2.19. The fourth-order valence-corrected chi connectivity index (χ4v) is 1.34. The third-order valence-electron chi connectivity index (χ3n) is 2.26. The van der Waals surface area contributed by atoms with Crippen molar-refractivity contribution in [3.05, 3.63) is 33.4 Å². The standard InChI is InChI=1S/C9H9F3N2O3/c1-4-2-3-5(14(16)17)6(7(4)15)8(13)9(10,11)12/h2-3,8,15H,13H2,1H3/t8-/m1/s1. The molecule has 0 aliphatic rings. The highest BCUT2D eigenvalue weighted by molar-refractivity contribution is 5.54. The lowest BCUT2D eigenvalue weighted by atomic mass is 10.0. The number of hydrogen-bond donors (Lipinski definition) is 2. The molecule has 1 atom stereocenters. The Bertz CT molecular complexity index is 460. The molecule has 0 aliphatic heterocycles. The predicted octanol–water partition coefficient (Wildman–Crippen LogP) is 2.17. The maximum absolute atomic E-state index is 12.4. The van der Waals surface area contributed by atoms with E-state index in [1.807, 2.05) is 0 Å². The summed E-state index contributed by atoms with van der Waals surface area (Å²) < 4.78 is 37.3. The van der Waals surface area contributed by atoms with Gasteiger partial charge in [-0.15, -0.1) is 0 Å². The first-order valence-corrected chi connectivity index (χ1v) is 4.45. The van der Waals surface area contributed by atoms with Crippen molar-refractivity contribution < 1.29 is 23.2 Å². The van der Waals surface area contributed by atoms with Crippen LogP contribution in [0.3, 0.4) is 0 Å². The van der Waals surface area contributed by atoms with Gasteiger partial charge in [-0.2, -0.15) is 13.2 Å². The van der Waals surface area contributed by atoms with Gasteiger partial charge in [-0.05, 0) is 18.6 Å². The summed E-state index contributed by atoms with van der Waals surface area (Å²) in [6.45, 7) is 1.33. The van der Waals surface area contributed by atoms with Crippen LogP contribution in [0.1, 0.15) is 17.2 Å². The monoisotopic (exact) mass is 250 g/mol. The van der Waals surface area contributed by atoms with Gasteiger partial charge < -0.3 is 10.8 Å². The topological polar surface area (TPSA) is 89.4 Å². The van der Waals surface area contributed by atoms with Gasteiger partial charge in [0, 0.05) is 6.07 Å². The summed E-state index contributed by atoms with van der Waals surface area (Å²) in [6, 6.07) is -0.557. The van der Waals surface area contributed by atoms with E-state index in [0.717, 1.165) is 12.1 Å². The number of nitrogens with two attached hydrogens (primary N) is 1. The highest BCUT2D eigenvalue weighted by Crippen LogP contribution is 2.41. The molecule has 0 bridgehead atoms. The van der Waals surface area contributed by atoms with Crippen molar-refractivity contribution in [2.45, 2.75) is 19.1 Å². The summed E-state index contributed by atoms with van der Waals surface area (Å²) in [6.07, 6.45) is -4.87. The van der Waals surface area contributed by atoms with Crippen molar-refractivity contribution in [3.63, 3.8) is 0 Å². The molecule has 5 nitrogen and oxygen atoms in total. The smallest absolute Gasteiger partial charge is 0.408 e. The van der Waals surface area contributed by atoms with Crippen LogP contribution in [0.2, 0.25) is 0 Å². The van der Waals surface area contributed by atoms with Crippen LogP contribution < -0.4 is 5.73 Å². The molecule has 0 heterocycles. The maximum Gasteiger partial charge on any atom is 0.408 e. The Hall–Kier alpha value is -1.83. The first-order chi connectivity index (χ1) is 7.66. The number of aromatic hydroxyl groups is 1. The summed E-state index contributed by atoms with van der Waals surface area (Å²) in [7, 11) is 0. The molecule has 0 spiro atoms. The van der Waals surface area contributed by atoms with E-state index >= 15 is 0 Å². The van der Waals surface area contributed by atoms with Crippen molar-refractivity contribution in [1.82, 2.24) is 0 Å². The van der Waals surface area contributed by atoms with Crippen molar-refractivity contribution >= 4 is 5.69 Å². The fourth-order valence-electron chi connectivity index (χ4n) is 1.34. The van der Waals surface area contributed by atoms with E-state index in [4.69, 9.17) is 5.73 Å². The number of phenolic OH excluding ortho intramolecular Hbond substituents is 1. The Balaban J connectivity index is 3.49. The summed E-state index contributed by atoms with van der Waals surface area (Å²) in [5.74, 6) is -0.802. The zero-order valence-electron chi connectivity index (χ0n) is 8.65. The average molecular weight is 250 g/mol. The summed E-state index contributed by atoms with van der Waals surface area (Å²) in [5.41, 5.74) is 3.22. The molecule has 1 aromatic carbocycles. The number of nitro benzene ring substituents is 1. The van der Waals surface area contributed by atoms with Gasteiger partial charge in [0.2, 0.25) is 0 Å². The molecule has 17 heavy (non-hydrogen) atoms. The van der Waals surface area contributed by atoms with Crippen LogP contribution in [0, 0.1) is 17.0 Å². The van der Waals surface area contributed by atoms with Crippen molar-refractivity contribution in [2.24, 2.45) is 5.73 Å². The van der Waals surface area contributed by atoms with Crippen LogP contribution in [-0.4, -0.2) is 16.2 Å². The van der Waals surface area contributed by atoms with Crippen molar-refractivity contribution in [3.8, 4) is 5.75 Å². The number of benzene rings is 1. The molecule has 1 aromatic rings. The second-order valence-electron chi connectivity index (χ2n) is 3.44. The normalized spacial score (nSPS) is 13.5. The molecule has 0 radical (unpaired) electrons. The number of nitro groups is 1. The highest BCUT2D eigenvalue weighted by atomic mass is 19.4. The van der Waals surface area contributed by atoms with Gasteiger partial charge >= 0.3 is 6.18 Å². The molecule has 0 fully saturated rings. The third-order valence-corrected chi connectivity index (χ3v) is 2.26. The number of nitrogens with zero attached hydrogens (tertiary/aromatic N) is 1. The fraction of sp³-hybridized carbons (Fsp3) is 0.333. The van der Waals surface area contributed by atoms with E-state index in [0.29, 0.717) is 0 Å². The number of aryl methyl sites for hydroxylation is 1. The second kappa shape index (κ2) is 4.21. The van der Waals surface area contributed by atoms with Gasteiger partial charge in [0.15, 0.2) is 0 Å². The third kappa shape index (κ3) is 2.47. The van der Waals surface area contributed by atoms with Gasteiger partial charge in [-0.3, -0.25) is 10.1 Å². The Kier molecular flexibility index (Phi) is 3.28. The Morgan fingerprint density at radius 3 is 2.41 bits per heavy atom. The molecular formula is C9H9F3N2O3. The Morgan fingerprint density at radius 1 is 1.47 bits per heavy atom. The lowest BCUT2D eigenvalue weighted by Crippen LogP contribution is -2.29. The largest absolute Gasteiger partial charge is 0.507 e. The Morgan fingerprint density at radius 2 is 2.00 bits per heavy atom. The molecule has 94 valence electrons. The van der Waals surface area contributed by atoms with E-state index in [1.165, 1.54) is 6.92 Å². The van der Waals surface area contributed by atoms with Gasteiger partial charge in [0.1, 0.15) is 11.8 Å². The predicted molar refractivity (Wildman–Crippen MR) is 52.5 cm³/mol. The molecule has 0 saturated carbocycles. The molecule has 0 amide bonds. The van der Waals surface area contributed by atoms with Crippen molar-refractivity contribution in [2.75, 3.05) is 0 Å². The van der Waals surface area contributed by atoms with E-state index in [2.05, 4.69) is 0 Å². The molecule has 3 N–H and O–H groups in total. The van der Waals surface area contributed by atoms with Gasteiger partial charge in [-0.1, -0.05) is 0 Å². The lowest BCUT2D eigenvalue weighted by molar-refractivity contribution is -0.386. The number of halogens is 3. The first kappa shape index (κ1) is 13.2. The molecule has 8 heteroatoms. The minimum atomic E-state index is -4.87. The zero-order chi connectivity index (χ0) is 13.4. The maximum atomic E-state index is 12.4. The molecular weight excluding hydrogens is 241 g/mol. The lowest BCUT2D eigenvalue weighted by Gasteiger charge is -2.17. The molecule has 0 aromatic heterocycles. The SMILES string of the molecule is Cc1ccc([N+](=O)[O-])c([C@@H](N)C(F)(F)F)c1O. The quantitative estimate of drug-likeness (QED) is 0.621. The number of alkyl halides is 3. The molecule has 0 saturated heterocycles. The molecule has 0 unspecified atom stereocenters. The van der Waals surface area contributed by atoms with E-state index in [9.17, 15) is 28.4 Å². The minimum Gasteiger partial charge on any atom is -0.507 e. The van der Waals surface area contributed by atoms with E-state index in [-0.39, 0.29) is 5.56 Å². The summed E-state index contributed by atoms with van der Waals surface area (Å²) in [4.78, 5) is 9.57. The highest BCUT2D eigenvalue weighted by Gasteiger charge is 2.43. The van der Waals surface area contributed by atoms with Crippen LogP contribution in [0.15, 0.2) is 12.1 Å². The van der Waals surface area contributed by atoms with Crippen LogP contribution >= 0.6 is 0 Å². The van der Waals surface area contributed by atoms with Gasteiger partial charge in [0.05, 0.1) is 10.5 Å². The van der Waals surface area contributed by atoms with Crippen LogP contribution in [0.5, 0.6) is 5.75 Å². The van der Waals surface area contributed by atoms with Crippen LogP contribution in [0.4, 0.5) is 18.9 Å². The first-order valence-electron chi connectivity index (χ1n) is 4.45. The number of hydrogen-bond acceptors (Lipinski definition) is 4. The van der Waals surface area contributed by atoms with E-state index < -0.39 is 34.1 Å². The number of rotatable bonds is 2. The van der Waals surface area contributed by atoms with Crippen LogP contribution in [-0.2, 0) is 0 Å². The zero-order valence-corrected chi connectivity index (χ0v) is 8.65. The summed E-state index contributed by atoms with van der Waals surface area (Å²) >= 11 is 0.